The Balaban J connectivity index is 0.000000257. The average molecular weight is 715 g/mol. The van der Waals surface area contributed by atoms with Crippen LogP contribution in [0.1, 0.15) is 70.1 Å². The maximum atomic E-state index is 11.8. The minimum Gasteiger partial charge on any atom is -0.497 e. The Bertz CT molecular complexity index is 2200. The molecular formula is C43H42N2O6S. The predicted octanol–water partition coefficient (Wildman–Crippen LogP) is 7.85. The third-order valence-corrected chi connectivity index (χ3v) is 11.0. The number of Topliss-reactive ketones (excluding diaryl/α,β-unsaturated/α-hetero) is 1. The van der Waals surface area contributed by atoms with E-state index >= 15 is 0 Å². The molecule has 0 fully saturated rings. The SMILES string of the molecule is COc1ccc(C(C)(C)c2ccc(C(C)(c3ccc(CO)cc3)c3ccc(OC)cc3)cc2)cc1.CS(=O)(=O)c1cccc2c1C=CC(=[N+]=[N-])C2=O. The van der Waals surface area contributed by atoms with Gasteiger partial charge in [0.1, 0.15) is 11.5 Å². The maximum absolute atomic E-state index is 11.8. The highest BCUT2D eigenvalue weighted by atomic mass is 32.2. The number of hydrogen-bond donors (Lipinski definition) is 1. The van der Waals surface area contributed by atoms with E-state index in [1.165, 1.54) is 58.2 Å². The quantitative estimate of drug-likeness (QED) is 0.0942. The van der Waals surface area contributed by atoms with Crippen LogP contribution in [-0.2, 0) is 27.3 Å². The summed E-state index contributed by atoms with van der Waals surface area (Å²) >= 11 is 0. The van der Waals surface area contributed by atoms with Gasteiger partial charge in [-0.1, -0.05) is 98.8 Å². The number of aliphatic hydroxyl groups is 1. The molecule has 8 nitrogen and oxygen atoms in total. The van der Waals surface area contributed by atoms with Gasteiger partial charge in [0, 0.05) is 34.3 Å². The number of fused-ring (bicyclic) bond motifs is 1. The highest BCUT2D eigenvalue weighted by molar-refractivity contribution is 7.90. The predicted molar refractivity (Wildman–Crippen MR) is 204 cm³/mol. The van der Waals surface area contributed by atoms with E-state index < -0.39 is 15.6 Å². The fourth-order valence-corrected chi connectivity index (χ4v) is 7.36. The highest BCUT2D eigenvalue weighted by Gasteiger charge is 2.33. The van der Waals surface area contributed by atoms with Gasteiger partial charge in [-0.3, -0.25) is 4.79 Å². The van der Waals surface area contributed by atoms with Gasteiger partial charge in [0.05, 0.1) is 25.7 Å². The van der Waals surface area contributed by atoms with Crippen LogP contribution in [0.15, 0.2) is 126 Å². The number of rotatable bonds is 9. The summed E-state index contributed by atoms with van der Waals surface area (Å²) in [5.41, 5.74) is 15.5. The van der Waals surface area contributed by atoms with Gasteiger partial charge in [0.25, 0.3) is 5.78 Å². The molecule has 0 saturated carbocycles. The van der Waals surface area contributed by atoms with Gasteiger partial charge in [-0.2, -0.15) is 4.79 Å². The maximum Gasteiger partial charge on any atom is 0.362 e. The fraction of sp³-hybridized carbons (Fsp3) is 0.209. The molecule has 0 saturated heterocycles. The third kappa shape index (κ3) is 7.53. The van der Waals surface area contributed by atoms with Crippen molar-refractivity contribution in [1.29, 1.82) is 0 Å². The molecule has 0 bridgehead atoms. The summed E-state index contributed by atoms with van der Waals surface area (Å²) in [6.07, 6.45) is 3.83. The normalized spacial score (nSPS) is 13.6. The smallest absolute Gasteiger partial charge is 0.362 e. The van der Waals surface area contributed by atoms with Crippen LogP contribution in [-0.4, -0.2) is 50.3 Å². The van der Waals surface area contributed by atoms with Gasteiger partial charge in [0.2, 0.25) is 0 Å². The van der Waals surface area contributed by atoms with Crippen molar-refractivity contribution in [2.75, 3.05) is 20.5 Å². The summed E-state index contributed by atoms with van der Waals surface area (Å²) in [4.78, 5) is 14.7. The third-order valence-electron chi connectivity index (χ3n) is 9.84. The zero-order valence-electron chi connectivity index (χ0n) is 30.1. The van der Waals surface area contributed by atoms with Crippen LogP contribution in [0.4, 0.5) is 0 Å². The topological polar surface area (TPSA) is 126 Å². The number of methoxy groups -OCH3 is 2. The lowest BCUT2D eigenvalue weighted by Gasteiger charge is -2.33. The molecule has 0 spiro atoms. The van der Waals surface area contributed by atoms with Gasteiger partial charge in [-0.05, 0) is 76.7 Å². The minimum absolute atomic E-state index is 0.0364. The zero-order valence-corrected chi connectivity index (χ0v) is 30.9. The first-order valence-corrected chi connectivity index (χ1v) is 18.5. The van der Waals surface area contributed by atoms with Gasteiger partial charge >= 0.3 is 5.71 Å². The molecular weight excluding hydrogens is 673 g/mol. The van der Waals surface area contributed by atoms with E-state index in [1.54, 1.807) is 14.2 Å². The van der Waals surface area contributed by atoms with Crippen LogP contribution < -0.4 is 9.47 Å². The molecule has 0 amide bonds. The van der Waals surface area contributed by atoms with Crippen molar-refractivity contribution in [2.24, 2.45) is 0 Å². The molecule has 1 aliphatic carbocycles. The van der Waals surface area contributed by atoms with Crippen molar-refractivity contribution in [3.05, 3.63) is 171 Å². The summed E-state index contributed by atoms with van der Waals surface area (Å²) < 4.78 is 33.8. The number of aliphatic hydroxyl groups excluding tert-OH is 1. The molecule has 5 aromatic carbocycles. The van der Waals surface area contributed by atoms with Gasteiger partial charge in [0.15, 0.2) is 9.84 Å². The molecule has 1 unspecified atom stereocenters. The molecule has 0 heterocycles. The van der Waals surface area contributed by atoms with E-state index in [-0.39, 0.29) is 33.6 Å². The fourth-order valence-electron chi connectivity index (χ4n) is 6.45. The summed E-state index contributed by atoms with van der Waals surface area (Å²) in [5, 5.41) is 9.53. The highest BCUT2D eigenvalue weighted by Crippen LogP contribution is 2.41. The van der Waals surface area contributed by atoms with Crippen LogP contribution >= 0.6 is 0 Å². The molecule has 266 valence electrons. The number of allylic oxidation sites excluding steroid dienone is 1. The number of carbonyl (C=O) groups excluding carboxylic acids is 1. The Labute approximate surface area is 305 Å². The lowest BCUT2D eigenvalue weighted by molar-refractivity contribution is -0.00436. The van der Waals surface area contributed by atoms with Crippen molar-refractivity contribution < 1.29 is 32.6 Å². The second kappa shape index (κ2) is 15.3. The number of nitrogens with zero attached hydrogens (tertiary/aromatic N) is 2. The summed E-state index contributed by atoms with van der Waals surface area (Å²) in [7, 11) is -0.0216. The first-order chi connectivity index (χ1) is 24.8. The Kier molecular flexibility index (Phi) is 11.1. The van der Waals surface area contributed by atoms with Crippen LogP contribution in [0.3, 0.4) is 0 Å². The minimum atomic E-state index is -3.40. The molecule has 0 radical (unpaired) electrons. The number of benzene rings is 5. The van der Waals surface area contributed by atoms with E-state index in [1.807, 2.05) is 36.4 Å². The molecule has 1 atom stereocenters. The van der Waals surface area contributed by atoms with Crippen molar-refractivity contribution in [3.8, 4) is 11.5 Å². The molecule has 5 aromatic rings. The van der Waals surface area contributed by atoms with E-state index in [0.29, 0.717) is 5.56 Å². The molecule has 1 N–H and O–H groups in total. The Morgan fingerprint density at radius 3 is 1.56 bits per heavy atom. The molecule has 0 aliphatic heterocycles. The number of carbonyl (C=O) groups is 1. The lowest BCUT2D eigenvalue weighted by atomic mass is 9.70. The first kappa shape index (κ1) is 37.7. The number of hydrogen-bond acceptors (Lipinski definition) is 6. The second-order valence-corrected chi connectivity index (χ2v) is 15.3. The molecule has 6 rings (SSSR count). The largest absolute Gasteiger partial charge is 0.497 e. The van der Waals surface area contributed by atoms with Gasteiger partial charge in [-0.15, -0.1) is 0 Å². The Morgan fingerprint density at radius 1 is 0.673 bits per heavy atom. The Hall–Kier alpha value is -5.60. The molecule has 52 heavy (non-hydrogen) atoms. The number of ether oxygens (including phenoxy) is 2. The van der Waals surface area contributed by atoms with Crippen molar-refractivity contribution in [2.45, 2.75) is 43.1 Å². The van der Waals surface area contributed by atoms with Crippen molar-refractivity contribution in [1.82, 2.24) is 0 Å². The summed E-state index contributed by atoms with van der Waals surface area (Å²) in [6, 6.07) is 38.2. The summed E-state index contributed by atoms with van der Waals surface area (Å²) in [6.45, 7) is 6.79. The van der Waals surface area contributed by atoms with Crippen molar-refractivity contribution in [3.63, 3.8) is 0 Å². The van der Waals surface area contributed by atoms with Crippen molar-refractivity contribution >= 4 is 27.4 Å². The zero-order chi connectivity index (χ0) is 37.7. The summed E-state index contributed by atoms with van der Waals surface area (Å²) in [5.74, 6) is 1.21. The molecule has 1 aliphatic rings. The first-order valence-electron chi connectivity index (χ1n) is 16.7. The lowest BCUT2D eigenvalue weighted by Crippen LogP contribution is -2.26. The number of sulfone groups is 1. The van der Waals surface area contributed by atoms with E-state index in [9.17, 15) is 18.3 Å². The molecule has 9 heteroatoms. The number of ketones is 1. The monoisotopic (exact) mass is 714 g/mol. The van der Waals surface area contributed by atoms with E-state index in [0.717, 1.165) is 23.3 Å². The average Bonchev–Trinajstić information content (AvgIpc) is 3.17. The van der Waals surface area contributed by atoms with E-state index in [4.69, 9.17) is 15.0 Å². The van der Waals surface area contributed by atoms with Gasteiger partial charge < -0.3 is 20.1 Å². The Morgan fingerprint density at radius 2 is 1.12 bits per heavy atom. The van der Waals surface area contributed by atoms with Crippen LogP contribution in [0, 0.1) is 0 Å². The standard InChI is InChI=1S/C32H34O3.C11H8N2O3S/c1-31(2,25-14-18-29(34-4)19-15-25)24-10-12-27(13-11-24)32(3,26-8-6-23(22-33)7-9-26)28-16-20-30(35-5)21-17-28;1-17(15,16)10-4-2-3-8-7(10)5-6-9(13-12)11(8)14/h6-21,33H,22H2,1-5H3;2-6H,1H3. The van der Waals surface area contributed by atoms with Gasteiger partial charge in [-0.25, -0.2) is 8.42 Å². The second-order valence-electron chi connectivity index (χ2n) is 13.3. The van der Waals surface area contributed by atoms with Crippen LogP contribution in [0.25, 0.3) is 11.6 Å². The molecule has 0 aromatic heterocycles. The van der Waals surface area contributed by atoms with Crippen LogP contribution in [0.5, 0.6) is 11.5 Å². The van der Waals surface area contributed by atoms with E-state index in [2.05, 4.69) is 86.2 Å². The van der Waals surface area contributed by atoms with Crippen LogP contribution in [0.2, 0.25) is 0 Å².